The van der Waals surface area contributed by atoms with Crippen molar-refractivity contribution in [1.82, 2.24) is 9.97 Å². The zero-order chi connectivity index (χ0) is 18.5. The van der Waals surface area contributed by atoms with Gasteiger partial charge in [0.25, 0.3) is 0 Å². The number of carbonyl (C=O) groups excluding carboxylic acids is 1. The summed E-state index contributed by atoms with van der Waals surface area (Å²) in [5.74, 6) is 1.32. The molecule has 2 heterocycles. The maximum Gasteiger partial charge on any atom is 0.354 e. The zero-order valence-electron chi connectivity index (χ0n) is 14.9. The van der Waals surface area contributed by atoms with Gasteiger partial charge in [0.1, 0.15) is 22.9 Å². The highest BCUT2D eigenvalue weighted by atomic mass is 16.5. The molecule has 0 aliphatic rings. The summed E-state index contributed by atoms with van der Waals surface area (Å²) >= 11 is 0. The number of hydrogen-bond donors (Lipinski definition) is 1. The van der Waals surface area contributed by atoms with Gasteiger partial charge in [-0.15, -0.1) is 0 Å². The molecule has 0 aliphatic heterocycles. The number of esters is 1. The van der Waals surface area contributed by atoms with Crippen LogP contribution in [0.4, 0.5) is 0 Å². The number of methoxy groups -OCH3 is 2. The van der Waals surface area contributed by atoms with E-state index >= 15 is 0 Å². The van der Waals surface area contributed by atoms with Crippen LogP contribution in [0, 0.1) is 0 Å². The number of nitrogens with zero attached hydrogens (tertiary/aromatic N) is 1. The van der Waals surface area contributed by atoms with Crippen LogP contribution in [0.15, 0.2) is 36.5 Å². The Bertz CT molecular complexity index is 902. The Labute approximate surface area is 150 Å². The molecular weight excluding hydrogens is 336 g/mol. The summed E-state index contributed by atoms with van der Waals surface area (Å²) in [5.41, 5.74) is 1.89. The predicted molar refractivity (Wildman–Crippen MR) is 95.8 cm³/mol. The van der Waals surface area contributed by atoms with Gasteiger partial charge in [-0.05, 0) is 31.2 Å². The van der Waals surface area contributed by atoms with E-state index in [-0.39, 0.29) is 0 Å². The molecule has 0 aliphatic carbocycles. The molecule has 3 rings (SSSR count). The van der Waals surface area contributed by atoms with E-state index in [1.54, 1.807) is 39.5 Å². The van der Waals surface area contributed by atoms with E-state index in [9.17, 15) is 4.79 Å². The van der Waals surface area contributed by atoms with Crippen LogP contribution in [0.1, 0.15) is 23.1 Å². The molecule has 2 aromatic heterocycles. The van der Waals surface area contributed by atoms with Crippen LogP contribution in [-0.2, 0) is 16.1 Å². The molecule has 0 atom stereocenters. The Morgan fingerprint density at radius 1 is 1.15 bits per heavy atom. The fourth-order valence-electron chi connectivity index (χ4n) is 2.56. The van der Waals surface area contributed by atoms with Crippen LogP contribution in [0.2, 0.25) is 0 Å². The monoisotopic (exact) mass is 356 g/mol. The van der Waals surface area contributed by atoms with E-state index in [2.05, 4.69) is 9.97 Å². The number of nitrogens with one attached hydrogen (secondary N) is 1. The number of aromatic nitrogens is 2. The van der Waals surface area contributed by atoms with Gasteiger partial charge in [0.05, 0.1) is 37.7 Å². The lowest BCUT2D eigenvalue weighted by Crippen LogP contribution is -2.04. The Kier molecular flexibility index (Phi) is 5.38. The third kappa shape index (κ3) is 3.78. The van der Waals surface area contributed by atoms with Crippen LogP contribution in [0.25, 0.3) is 10.9 Å². The fraction of sp³-hybridized carbons (Fsp3) is 0.263. The van der Waals surface area contributed by atoms with Crippen molar-refractivity contribution < 1.29 is 23.7 Å². The molecule has 0 saturated heterocycles. The summed E-state index contributed by atoms with van der Waals surface area (Å²) in [5, 5.41) is 0.784. The number of fused-ring (bicyclic) bond motifs is 1. The zero-order valence-corrected chi connectivity index (χ0v) is 14.9. The van der Waals surface area contributed by atoms with Crippen LogP contribution in [-0.4, -0.2) is 36.8 Å². The first-order valence-corrected chi connectivity index (χ1v) is 8.14. The van der Waals surface area contributed by atoms with E-state index in [0.29, 0.717) is 41.7 Å². The minimum Gasteiger partial charge on any atom is -0.494 e. The summed E-state index contributed by atoms with van der Waals surface area (Å²) in [7, 11) is 3.18. The summed E-state index contributed by atoms with van der Waals surface area (Å²) in [6.07, 6.45) is 1.63. The number of carbonyl (C=O) groups is 1. The van der Waals surface area contributed by atoms with Crippen LogP contribution >= 0.6 is 0 Å². The lowest BCUT2D eigenvalue weighted by atomic mass is 10.2. The molecule has 136 valence electrons. The molecule has 1 aromatic carbocycles. The highest BCUT2D eigenvalue weighted by molar-refractivity contribution is 5.97. The fourth-order valence-corrected chi connectivity index (χ4v) is 2.56. The number of H-pyrrole nitrogens is 1. The quantitative estimate of drug-likeness (QED) is 0.650. The number of aromatic amines is 1. The van der Waals surface area contributed by atoms with E-state index in [0.717, 1.165) is 11.1 Å². The molecule has 7 heteroatoms. The van der Waals surface area contributed by atoms with E-state index in [1.807, 2.05) is 18.2 Å². The third-order valence-corrected chi connectivity index (χ3v) is 3.71. The van der Waals surface area contributed by atoms with E-state index < -0.39 is 5.97 Å². The number of benzene rings is 1. The first-order chi connectivity index (χ1) is 12.6. The van der Waals surface area contributed by atoms with Crippen molar-refractivity contribution in [2.24, 2.45) is 0 Å². The Morgan fingerprint density at radius 2 is 2.00 bits per heavy atom. The lowest BCUT2D eigenvalue weighted by Gasteiger charge is -2.09. The highest BCUT2D eigenvalue weighted by Gasteiger charge is 2.15. The van der Waals surface area contributed by atoms with Gasteiger partial charge >= 0.3 is 5.97 Å². The van der Waals surface area contributed by atoms with Crippen LogP contribution in [0.5, 0.6) is 17.2 Å². The average Bonchev–Trinajstić information content (AvgIpc) is 3.07. The molecule has 7 nitrogen and oxygen atoms in total. The molecule has 0 spiro atoms. The summed E-state index contributed by atoms with van der Waals surface area (Å²) < 4.78 is 21.3. The van der Waals surface area contributed by atoms with E-state index in [4.69, 9.17) is 18.9 Å². The van der Waals surface area contributed by atoms with Gasteiger partial charge in [0.2, 0.25) is 0 Å². The molecule has 0 saturated carbocycles. The summed E-state index contributed by atoms with van der Waals surface area (Å²) in [4.78, 5) is 19.2. The SMILES string of the molecule is CCOC(=O)c1cc2cc(Oc3ccc(COC)nc3)cc(OC)c2[nH]1. The maximum atomic E-state index is 11.9. The molecule has 0 bridgehead atoms. The van der Waals surface area contributed by atoms with E-state index in [1.165, 1.54) is 0 Å². The van der Waals surface area contributed by atoms with Crippen molar-refractivity contribution >= 4 is 16.9 Å². The van der Waals surface area contributed by atoms with Gasteiger partial charge in [-0.2, -0.15) is 0 Å². The minimum atomic E-state index is -0.411. The topological polar surface area (TPSA) is 82.7 Å². The summed E-state index contributed by atoms with van der Waals surface area (Å²) in [6.45, 7) is 2.52. The third-order valence-electron chi connectivity index (χ3n) is 3.71. The first kappa shape index (κ1) is 17.8. The largest absolute Gasteiger partial charge is 0.494 e. The van der Waals surface area contributed by atoms with Crippen molar-refractivity contribution in [2.45, 2.75) is 13.5 Å². The molecule has 0 unspecified atom stereocenters. The molecular formula is C19H20N2O5. The van der Waals surface area contributed by atoms with Crippen molar-refractivity contribution in [3.05, 3.63) is 47.9 Å². The number of rotatable bonds is 7. The predicted octanol–water partition coefficient (Wildman–Crippen LogP) is 3.69. The van der Waals surface area contributed by atoms with Crippen molar-refractivity contribution in [1.29, 1.82) is 0 Å². The second-order valence-corrected chi connectivity index (χ2v) is 5.51. The standard InChI is InChI=1S/C19H20N2O5/c1-4-25-19(22)16-8-12-7-15(9-17(24-3)18(12)21-16)26-14-6-5-13(11-23-2)20-10-14/h5-10,21H,4,11H2,1-3H3. The van der Waals surface area contributed by atoms with Crippen molar-refractivity contribution in [2.75, 3.05) is 20.8 Å². The second-order valence-electron chi connectivity index (χ2n) is 5.51. The van der Waals surface area contributed by atoms with Gasteiger partial charge < -0.3 is 23.9 Å². The minimum absolute atomic E-state index is 0.311. The second kappa shape index (κ2) is 7.88. The van der Waals surface area contributed by atoms with Gasteiger partial charge in [-0.3, -0.25) is 4.98 Å². The average molecular weight is 356 g/mol. The lowest BCUT2D eigenvalue weighted by molar-refractivity contribution is 0.0520. The smallest absolute Gasteiger partial charge is 0.354 e. The van der Waals surface area contributed by atoms with Gasteiger partial charge in [-0.25, -0.2) is 4.79 Å². The Morgan fingerprint density at radius 3 is 2.65 bits per heavy atom. The normalized spacial score (nSPS) is 10.7. The number of ether oxygens (including phenoxy) is 4. The first-order valence-electron chi connectivity index (χ1n) is 8.14. The van der Waals surface area contributed by atoms with Crippen molar-refractivity contribution in [3.8, 4) is 17.2 Å². The van der Waals surface area contributed by atoms with Gasteiger partial charge in [-0.1, -0.05) is 0 Å². The highest BCUT2D eigenvalue weighted by Crippen LogP contribution is 2.33. The molecule has 0 fully saturated rings. The Balaban J connectivity index is 1.89. The Hall–Kier alpha value is -3.06. The molecule has 1 N–H and O–H groups in total. The maximum absolute atomic E-state index is 11.9. The van der Waals surface area contributed by atoms with Crippen LogP contribution in [0.3, 0.4) is 0 Å². The molecule has 3 aromatic rings. The van der Waals surface area contributed by atoms with Crippen molar-refractivity contribution in [3.63, 3.8) is 0 Å². The number of pyridine rings is 1. The molecule has 0 radical (unpaired) electrons. The molecule has 26 heavy (non-hydrogen) atoms. The number of hydrogen-bond acceptors (Lipinski definition) is 6. The molecule has 0 amide bonds. The van der Waals surface area contributed by atoms with Gasteiger partial charge in [0, 0.05) is 18.6 Å². The van der Waals surface area contributed by atoms with Crippen LogP contribution < -0.4 is 9.47 Å². The summed E-state index contributed by atoms with van der Waals surface area (Å²) in [6, 6.07) is 8.93. The van der Waals surface area contributed by atoms with Gasteiger partial charge in [0.15, 0.2) is 0 Å².